The molecule has 2 radical (unpaired) electrons. The van der Waals surface area contributed by atoms with Gasteiger partial charge in [0.15, 0.2) is 7.85 Å². The van der Waals surface area contributed by atoms with Crippen molar-refractivity contribution < 1.29 is 9.59 Å². The van der Waals surface area contributed by atoms with Crippen LogP contribution in [0.5, 0.6) is 0 Å². The number of benzene rings is 2. The van der Waals surface area contributed by atoms with Gasteiger partial charge in [0.1, 0.15) is 0 Å². The van der Waals surface area contributed by atoms with Gasteiger partial charge in [-0.05, 0) is 62.4 Å². The molecule has 0 bridgehead atoms. The van der Waals surface area contributed by atoms with Crippen molar-refractivity contribution in [1.82, 2.24) is 15.1 Å². The molecule has 0 saturated carbocycles. The maximum absolute atomic E-state index is 13.3. The lowest BCUT2D eigenvalue weighted by Gasteiger charge is -2.40. The molecule has 2 aromatic carbocycles. The Hall–Kier alpha value is -3.19. The zero-order valence-electron chi connectivity index (χ0n) is 21.5. The van der Waals surface area contributed by atoms with Crippen molar-refractivity contribution in [1.29, 1.82) is 0 Å². The lowest BCUT2D eigenvalue weighted by molar-refractivity contribution is -0.126. The normalized spacial score (nSPS) is 20.1. The largest absolute Gasteiger partial charge is 0.352 e. The molecule has 1 N–H and O–H groups in total. The second-order valence-electron chi connectivity index (χ2n) is 10.0. The molecule has 4 rings (SSSR count). The van der Waals surface area contributed by atoms with Crippen LogP contribution in [0.1, 0.15) is 57.2 Å². The number of amidine groups is 1. The van der Waals surface area contributed by atoms with E-state index in [4.69, 9.17) is 7.85 Å². The minimum absolute atomic E-state index is 0.109. The van der Waals surface area contributed by atoms with Crippen LogP contribution in [0.4, 0.5) is 0 Å². The second-order valence-corrected chi connectivity index (χ2v) is 10.0. The van der Waals surface area contributed by atoms with Crippen LogP contribution in [-0.4, -0.2) is 61.4 Å². The van der Waals surface area contributed by atoms with E-state index in [1.165, 1.54) is 17.4 Å². The average Bonchev–Trinajstić information content (AvgIpc) is 2.88. The maximum Gasteiger partial charge on any atom is 0.251 e. The number of likely N-dealkylation sites (tertiary alicyclic amines) is 1. The lowest BCUT2D eigenvalue weighted by atomic mass is 9.74. The van der Waals surface area contributed by atoms with Gasteiger partial charge in [0, 0.05) is 19.2 Å². The fraction of sp³-hybridized carbons (Fsp3) is 0.414. The highest BCUT2D eigenvalue weighted by Gasteiger charge is 2.36. The van der Waals surface area contributed by atoms with Crippen LogP contribution in [0.25, 0.3) is 0 Å². The first-order valence-corrected chi connectivity index (χ1v) is 12.8. The van der Waals surface area contributed by atoms with Crippen LogP contribution in [0.3, 0.4) is 0 Å². The summed E-state index contributed by atoms with van der Waals surface area (Å²) in [6.07, 6.45) is 3.13. The van der Waals surface area contributed by atoms with Gasteiger partial charge in [0.25, 0.3) is 5.91 Å². The number of hydrogen-bond donors (Lipinski definition) is 1. The molecule has 2 aromatic rings. The van der Waals surface area contributed by atoms with Gasteiger partial charge in [-0.3, -0.25) is 19.5 Å². The summed E-state index contributed by atoms with van der Waals surface area (Å²) in [4.78, 5) is 34.0. The number of allylic oxidation sites excluding steroid dienone is 1. The summed E-state index contributed by atoms with van der Waals surface area (Å²) in [5, 5.41) is 3.07. The van der Waals surface area contributed by atoms with Gasteiger partial charge >= 0.3 is 0 Å². The first kappa shape index (κ1) is 25.9. The van der Waals surface area contributed by atoms with Crippen molar-refractivity contribution in [2.45, 2.75) is 51.5 Å². The van der Waals surface area contributed by atoms with E-state index in [1.807, 2.05) is 30.3 Å². The van der Waals surface area contributed by atoms with Crippen LogP contribution in [-0.2, 0) is 15.0 Å². The molecule has 0 aliphatic carbocycles. The van der Waals surface area contributed by atoms with E-state index in [0.29, 0.717) is 17.8 Å². The monoisotopic (exact) mass is 482 g/mol. The minimum Gasteiger partial charge on any atom is -0.352 e. The van der Waals surface area contributed by atoms with Gasteiger partial charge < -0.3 is 10.2 Å². The molecule has 1 atom stereocenters. The molecule has 2 aliphatic rings. The highest BCUT2D eigenvalue weighted by Crippen LogP contribution is 2.36. The Labute approximate surface area is 215 Å². The fourth-order valence-electron chi connectivity index (χ4n) is 5.33. The van der Waals surface area contributed by atoms with Crippen molar-refractivity contribution in [3.8, 4) is 0 Å². The molecule has 1 saturated heterocycles. The molecular formula is C29H35BN4O2. The predicted octanol–water partition coefficient (Wildman–Crippen LogP) is 3.95. The molecular weight excluding hydrogens is 447 g/mol. The molecule has 1 unspecified atom stereocenters. The van der Waals surface area contributed by atoms with Crippen LogP contribution in [0.2, 0.25) is 0 Å². The summed E-state index contributed by atoms with van der Waals surface area (Å²) in [5.74, 6) is -0.463. The van der Waals surface area contributed by atoms with E-state index >= 15 is 0 Å². The van der Waals surface area contributed by atoms with Crippen LogP contribution < -0.4 is 5.32 Å². The molecule has 36 heavy (non-hydrogen) atoms. The number of amides is 2. The van der Waals surface area contributed by atoms with Crippen molar-refractivity contribution in [3.63, 3.8) is 0 Å². The van der Waals surface area contributed by atoms with Crippen LogP contribution >= 0.6 is 0 Å². The molecule has 2 heterocycles. The van der Waals surface area contributed by atoms with Crippen molar-refractivity contribution in [2.24, 2.45) is 4.99 Å². The Morgan fingerprint density at radius 2 is 1.67 bits per heavy atom. The first-order valence-electron chi connectivity index (χ1n) is 12.8. The molecule has 1 fully saturated rings. The topological polar surface area (TPSA) is 65.0 Å². The minimum atomic E-state index is -0.598. The third-order valence-electron chi connectivity index (χ3n) is 7.52. The van der Waals surface area contributed by atoms with Crippen molar-refractivity contribution >= 4 is 25.4 Å². The summed E-state index contributed by atoms with van der Waals surface area (Å²) in [7, 11) is 6.10. The zero-order valence-corrected chi connectivity index (χ0v) is 21.5. The molecule has 6 nitrogen and oxygen atoms in total. The zero-order chi connectivity index (χ0) is 25.7. The Morgan fingerprint density at radius 1 is 1.06 bits per heavy atom. The van der Waals surface area contributed by atoms with Gasteiger partial charge in [-0.15, -0.1) is 0 Å². The van der Waals surface area contributed by atoms with Crippen LogP contribution in [0.15, 0.2) is 76.9 Å². The number of rotatable bonds is 7. The highest BCUT2D eigenvalue weighted by atomic mass is 16.2. The summed E-state index contributed by atoms with van der Waals surface area (Å²) in [5.41, 5.74) is 3.58. The van der Waals surface area contributed by atoms with E-state index in [2.05, 4.69) is 52.5 Å². The number of aliphatic imine (C=N–C) groups is 1. The van der Waals surface area contributed by atoms with Crippen LogP contribution in [0, 0.1) is 0 Å². The Kier molecular flexibility index (Phi) is 8.09. The highest BCUT2D eigenvalue weighted by molar-refractivity contribution is 6.60. The average molecular weight is 482 g/mol. The smallest absolute Gasteiger partial charge is 0.251 e. The number of nitrogens with zero attached hydrogens (tertiary/aromatic N) is 3. The fourth-order valence-corrected chi connectivity index (χ4v) is 5.33. The quantitative estimate of drug-likeness (QED) is 0.480. The van der Waals surface area contributed by atoms with Gasteiger partial charge in [-0.2, -0.15) is 0 Å². The Balaban J connectivity index is 1.35. The number of hydrogen-bond acceptors (Lipinski definition) is 4. The number of nitrogens with one attached hydrogen (secondary N) is 1. The molecule has 2 amide bonds. The molecule has 186 valence electrons. The van der Waals surface area contributed by atoms with E-state index in [-0.39, 0.29) is 23.0 Å². The summed E-state index contributed by atoms with van der Waals surface area (Å²) in [6.45, 7) is 9.19. The predicted molar refractivity (Wildman–Crippen MR) is 145 cm³/mol. The lowest BCUT2D eigenvalue weighted by Crippen LogP contribution is -2.45. The second kappa shape index (κ2) is 11.3. The van der Waals surface area contributed by atoms with Crippen molar-refractivity contribution in [3.05, 3.63) is 83.1 Å². The van der Waals surface area contributed by atoms with Gasteiger partial charge in [0.2, 0.25) is 5.91 Å². The standard InChI is InChI=1S/C29H35BN4O2/c1-21-25(26(23-11-6-4-7-12-23)34(22(2)35)28(30)32-21)27(36)31-17-10-18-33-19-15-29(3,16-20-33)24-13-8-5-9-14-24/h4-9,11-14,26H,10,15-20H2,1-3H3,(H,31,36). The summed E-state index contributed by atoms with van der Waals surface area (Å²) in [6, 6.07) is 19.7. The number of piperidine rings is 1. The van der Waals surface area contributed by atoms with Gasteiger partial charge in [-0.25, -0.2) is 0 Å². The SMILES string of the molecule is [B]C1=NC(C)=C(C(=O)NCCCN2CCC(C)(c3ccccc3)CC2)C(c2ccccc2)N1C(C)=O. The Bertz CT molecular complexity index is 1140. The summed E-state index contributed by atoms with van der Waals surface area (Å²) < 4.78 is 0. The maximum atomic E-state index is 13.3. The number of carbonyl (C=O) groups excluding carboxylic acids is 2. The Morgan fingerprint density at radius 3 is 2.28 bits per heavy atom. The molecule has 7 heteroatoms. The third kappa shape index (κ3) is 5.62. The first-order chi connectivity index (χ1) is 17.3. The van der Waals surface area contributed by atoms with Gasteiger partial charge in [-0.1, -0.05) is 67.6 Å². The van der Waals surface area contributed by atoms with E-state index < -0.39 is 6.04 Å². The summed E-state index contributed by atoms with van der Waals surface area (Å²) >= 11 is 0. The molecule has 0 aromatic heterocycles. The van der Waals surface area contributed by atoms with Crippen molar-refractivity contribution in [2.75, 3.05) is 26.2 Å². The third-order valence-corrected chi connectivity index (χ3v) is 7.52. The molecule has 2 aliphatic heterocycles. The number of carbonyl (C=O) groups is 2. The van der Waals surface area contributed by atoms with E-state index in [0.717, 1.165) is 44.5 Å². The van der Waals surface area contributed by atoms with E-state index in [1.54, 1.807) is 6.92 Å². The van der Waals surface area contributed by atoms with Gasteiger partial charge in [0.05, 0.1) is 17.3 Å². The molecule has 0 spiro atoms. The van der Waals surface area contributed by atoms with E-state index in [9.17, 15) is 9.59 Å².